The van der Waals surface area contributed by atoms with Crippen LogP contribution in [0.15, 0.2) is 11.1 Å². The molecule has 0 N–H and O–H groups in total. The molecule has 90 valence electrons. The van der Waals surface area contributed by atoms with Gasteiger partial charge in [-0.25, -0.2) is 0 Å². The molecular weight excluding hydrogens is 196 g/mol. The molecule has 1 nitrogen and oxygen atoms in total. The Kier molecular flexibility index (Phi) is 2.98. The van der Waals surface area contributed by atoms with Crippen LogP contribution in [-0.2, 0) is 4.79 Å². The molecule has 1 spiro atoms. The van der Waals surface area contributed by atoms with Crippen molar-refractivity contribution in [3.63, 3.8) is 0 Å². The molecule has 2 aliphatic carbocycles. The molecule has 2 unspecified atom stereocenters. The van der Waals surface area contributed by atoms with Gasteiger partial charge in [0.15, 0.2) is 0 Å². The lowest BCUT2D eigenvalue weighted by molar-refractivity contribution is -0.131. The molecule has 0 aliphatic heterocycles. The van der Waals surface area contributed by atoms with Gasteiger partial charge in [0.25, 0.3) is 0 Å². The SMILES string of the molecule is CC(C)=C1CCC2(C1)CC(C)C(=O)C(C)C2. The number of hydrogen-bond donors (Lipinski definition) is 0. The fourth-order valence-electron chi connectivity index (χ4n) is 3.89. The highest BCUT2D eigenvalue weighted by Crippen LogP contribution is 2.53. The zero-order valence-electron chi connectivity index (χ0n) is 11.1. The van der Waals surface area contributed by atoms with E-state index in [1.165, 1.54) is 24.8 Å². The van der Waals surface area contributed by atoms with Crippen molar-refractivity contribution in [2.75, 3.05) is 0 Å². The Bertz CT molecular complexity index is 319. The average molecular weight is 220 g/mol. The van der Waals surface area contributed by atoms with E-state index in [2.05, 4.69) is 27.7 Å². The van der Waals surface area contributed by atoms with Crippen LogP contribution in [0.1, 0.15) is 59.8 Å². The summed E-state index contributed by atoms with van der Waals surface area (Å²) in [5.74, 6) is 1.08. The molecule has 0 aromatic carbocycles. The minimum atomic E-state index is 0.292. The van der Waals surface area contributed by atoms with Crippen LogP contribution in [0.2, 0.25) is 0 Å². The first-order valence-corrected chi connectivity index (χ1v) is 6.62. The molecule has 0 saturated heterocycles. The predicted octanol–water partition coefficient (Wildman–Crippen LogP) is 4.13. The minimum Gasteiger partial charge on any atom is -0.299 e. The van der Waals surface area contributed by atoms with Gasteiger partial charge in [-0.3, -0.25) is 4.79 Å². The second kappa shape index (κ2) is 4.01. The van der Waals surface area contributed by atoms with Gasteiger partial charge < -0.3 is 0 Å². The van der Waals surface area contributed by atoms with E-state index in [1.54, 1.807) is 5.57 Å². The quantitative estimate of drug-likeness (QED) is 0.561. The van der Waals surface area contributed by atoms with Gasteiger partial charge in [-0.1, -0.05) is 25.0 Å². The second-order valence-electron chi connectivity index (χ2n) is 6.39. The maximum atomic E-state index is 11.9. The number of Topliss-reactive ketones (excluding diaryl/α,β-unsaturated/α-hetero) is 1. The zero-order valence-corrected chi connectivity index (χ0v) is 11.1. The second-order valence-corrected chi connectivity index (χ2v) is 6.39. The van der Waals surface area contributed by atoms with Crippen molar-refractivity contribution in [1.29, 1.82) is 0 Å². The normalized spacial score (nSPS) is 39.5. The summed E-state index contributed by atoms with van der Waals surface area (Å²) in [4.78, 5) is 11.9. The van der Waals surface area contributed by atoms with Crippen molar-refractivity contribution >= 4 is 5.78 Å². The summed E-state index contributed by atoms with van der Waals surface area (Å²) in [6, 6.07) is 0. The van der Waals surface area contributed by atoms with E-state index < -0.39 is 0 Å². The van der Waals surface area contributed by atoms with Crippen LogP contribution in [0.4, 0.5) is 0 Å². The number of rotatable bonds is 0. The third kappa shape index (κ3) is 1.97. The Balaban J connectivity index is 2.17. The van der Waals surface area contributed by atoms with Crippen molar-refractivity contribution in [3.8, 4) is 0 Å². The van der Waals surface area contributed by atoms with E-state index in [0.29, 0.717) is 23.0 Å². The smallest absolute Gasteiger partial charge is 0.138 e. The van der Waals surface area contributed by atoms with Crippen LogP contribution < -0.4 is 0 Å². The lowest BCUT2D eigenvalue weighted by Crippen LogP contribution is -2.36. The number of allylic oxidation sites excluding steroid dienone is 2. The molecule has 0 heterocycles. The molecule has 2 atom stereocenters. The molecule has 2 fully saturated rings. The molecule has 16 heavy (non-hydrogen) atoms. The third-order valence-corrected chi connectivity index (χ3v) is 4.70. The van der Waals surface area contributed by atoms with Crippen molar-refractivity contribution in [2.45, 2.75) is 59.8 Å². The van der Waals surface area contributed by atoms with Gasteiger partial charge in [-0.15, -0.1) is 0 Å². The van der Waals surface area contributed by atoms with Gasteiger partial charge in [0.1, 0.15) is 5.78 Å². The first kappa shape index (κ1) is 11.9. The van der Waals surface area contributed by atoms with Gasteiger partial charge in [0, 0.05) is 11.8 Å². The topological polar surface area (TPSA) is 17.1 Å². The molecule has 2 aliphatic rings. The number of ketones is 1. The number of carbonyl (C=O) groups is 1. The van der Waals surface area contributed by atoms with Crippen molar-refractivity contribution in [3.05, 3.63) is 11.1 Å². The molecular formula is C15H24O. The number of carbonyl (C=O) groups excluding carboxylic acids is 1. The lowest BCUT2D eigenvalue weighted by Gasteiger charge is -2.39. The third-order valence-electron chi connectivity index (χ3n) is 4.70. The molecule has 0 aromatic heterocycles. The average Bonchev–Trinajstić information content (AvgIpc) is 2.59. The maximum absolute atomic E-state index is 11.9. The van der Waals surface area contributed by atoms with Crippen LogP contribution in [0.5, 0.6) is 0 Å². The lowest BCUT2D eigenvalue weighted by atomic mass is 9.64. The standard InChI is InChI=1S/C15H24O/c1-10(2)13-5-6-15(9-13)7-11(3)14(16)12(4)8-15/h11-12H,5-9H2,1-4H3. The minimum absolute atomic E-state index is 0.292. The Morgan fingerprint density at radius 2 is 1.75 bits per heavy atom. The van der Waals surface area contributed by atoms with E-state index in [4.69, 9.17) is 0 Å². The Hall–Kier alpha value is -0.590. The highest BCUT2D eigenvalue weighted by Gasteiger charge is 2.44. The molecule has 0 aromatic rings. The van der Waals surface area contributed by atoms with Gasteiger partial charge in [0.05, 0.1) is 0 Å². The molecule has 0 radical (unpaired) electrons. The number of hydrogen-bond acceptors (Lipinski definition) is 1. The highest BCUT2D eigenvalue weighted by atomic mass is 16.1. The fourth-order valence-corrected chi connectivity index (χ4v) is 3.89. The van der Waals surface area contributed by atoms with Crippen LogP contribution in [0.3, 0.4) is 0 Å². The van der Waals surface area contributed by atoms with Crippen molar-refractivity contribution in [1.82, 2.24) is 0 Å². The first-order valence-electron chi connectivity index (χ1n) is 6.62. The molecule has 0 bridgehead atoms. The Labute approximate surface area is 99.3 Å². The van der Waals surface area contributed by atoms with Crippen LogP contribution in [0, 0.1) is 17.3 Å². The largest absolute Gasteiger partial charge is 0.299 e. The molecule has 0 amide bonds. The summed E-state index contributed by atoms with van der Waals surface area (Å²) in [6.07, 6.45) is 6.11. The van der Waals surface area contributed by atoms with Crippen molar-refractivity contribution in [2.24, 2.45) is 17.3 Å². The molecule has 2 saturated carbocycles. The van der Waals surface area contributed by atoms with Crippen molar-refractivity contribution < 1.29 is 4.79 Å². The predicted molar refractivity (Wildman–Crippen MR) is 67.2 cm³/mol. The van der Waals surface area contributed by atoms with E-state index in [1.807, 2.05) is 0 Å². The van der Waals surface area contributed by atoms with Crippen LogP contribution >= 0.6 is 0 Å². The fraction of sp³-hybridized carbons (Fsp3) is 0.800. The van der Waals surface area contributed by atoms with Gasteiger partial charge in [0.2, 0.25) is 0 Å². The van der Waals surface area contributed by atoms with Gasteiger partial charge in [-0.05, 0) is 51.4 Å². The highest BCUT2D eigenvalue weighted by molar-refractivity contribution is 5.83. The van der Waals surface area contributed by atoms with Gasteiger partial charge >= 0.3 is 0 Å². The monoisotopic (exact) mass is 220 g/mol. The Morgan fingerprint density at radius 3 is 2.19 bits per heavy atom. The van der Waals surface area contributed by atoms with Gasteiger partial charge in [-0.2, -0.15) is 0 Å². The first-order chi connectivity index (χ1) is 7.43. The van der Waals surface area contributed by atoms with E-state index in [-0.39, 0.29) is 0 Å². The summed E-state index contributed by atoms with van der Waals surface area (Å²) in [6.45, 7) is 8.71. The summed E-state index contributed by atoms with van der Waals surface area (Å²) >= 11 is 0. The summed E-state index contributed by atoms with van der Waals surface area (Å²) < 4.78 is 0. The maximum Gasteiger partial charge on any atom is 0.138 e. The Morgan fingerprint density at radius 1 is 1.19 bits per heavy atom. The van der Waals surface area contributed by atoms with E-state index >= 15 is 0 Å². The van der Waals surface area contributed by atoms with E-state index in [9.17, 15) is 4.79 Å². The molecule has 1 heteroatoms. The van der Waals surface area contributed by atoms with Crippen LogP contribution in [-0.4, -0.2) is 5.78 Å². The zero-order chi connectivity index (χ0) is 11.9. The summed E-state index contributed by atoms with van der Waals surface area (Å²) in [5, 5.41) is 0. The summed E-state index contributed by atoms with van der Waals surface area (Å²) in [5.41, 5.74) is 3.64. The summed E-state index contributed by atoms with van der Waals surface area (Å²) in [7, 11) is 0. The van der Waals surface area contributed by atoms with Crippen LogP contribution in [0.25, 0.3) is 0 Å². The van der Waals surface area contributed by atoms with E-state index in [0.717, 1.165) is 12.8 Å². The molecule has 2 rings (SSSR count).